The Hall–Kier alpha value is -2.19. The quantitative estimate of drug-likeness (QED) is 0.566. The molecule has 5 nitrogen and oxygen atoms in total. The van der Waals surface area contributed by atoms with Crippen LogP contribution >= 0.6 is 11.6 Å². The van der Waals surface area contributed by atoms with Crippen LogP contribution < -0.4 is 9.47 Å². The summed E-state index contributed by atoms with van der Waals surface area (Å²) in [6.07, 6.45) is 2.82. The number of carbonyl (C=O) groups is 1. The van der Waals surface area contributed by atoms with Gasteiger partial charge in [0.15, 0.2) is 17.6 Å². The van der Waals surface area contributed by atoms with Crippen molar-refractivity contribution in [1.82, 2.24) is 0 Å². The number of methoxy groups -OCH3 is 1. The molecule has 6 heteroatoms. The maximum Gasteiger partial charge on any atom is 0.332 e. The molecule has 1 aromatic carbocycles. The molecule has 0 aliphatic carbocycles. The van der Waals surface area contributed by atoms with Crippen LogP contribution in [0.5, 0.6) is 11.5 Å². The van der Waals surface area contributed by atoms with E-state index in [1.165, 1.54) is 26.2 Å². The van der Waals surface area contributed by atoms with Gasteiger partial charge in [-0.1, -0.05) is 18.5 Å². The standard InChI is InChI=1S/C16H18ClNO4/c1-4-7-21-16-13(17)8-12(9-14(16)20-3)5-6-15(19)22-11(2)10-18/h5-6,8-9,11H,4,7H2,1-3H3/b6-5+/t11-/m1/s1. The van der Waals surface area contributed by atoms with Gasteiger partial charge in [0.1, 0.15) is 6.07 Å². The topological polar surface area (TPSA) is 68.5 Å². The number of carbonyl (C=O) groups excluding carboxylic acids is 1. The normalized spacial score (nSPS) is 11.8. The SMILES string of the molecule is CCCOc1c(Cl)cc(/C=C/C(=O)O[C@H](C)C#N)cc1OC. The number of rotatable bonds is 7. The third-order valence-corrected chi connectivity index (χ3v) is 2.87. The number of halogens is 1. The molecular formula is C16H18ClNO4. The zero-order chi connectivity index (χ0) is 16.5. The fraction of sp³-hybridized carbons (Fsp3) is 0.375. The molecule has 22 heavy (non-hydrogen) atoms. The second-order valence-electron chi connectivity index (χ2n) is 4.42. The number of benzene rings is 1. The van der Waals surface area contributed by atoms with E-state index in [9.17, 15) is 4.79 Å². The third-order valence-electron chi connectivity index (χ3n) is 2.59. The molecule has 0 unspecified atom stereocenters. The molecule has 0 aliphatic heterocycles. The molecule has 0 aliphatic rings. The van der Waals surface area contributed by atoms with Crippen LogP contribution in [-0.4, -0.2) is 25.8 Å². The molecule has 0 fully saturated rings. The first kappa shape index (κ1) is 17.9. The lowest BCUT2D eigenvalue weighted by atomic mass is 10.2. The van der Waals surface area contributed by atoms with Crippen LogP contribution in [0.4, 0.5) is 0 Å². The van der Waals surface area contributed by atoms with Crippen LogP contribution in [0.25, 0.3) is 6.08 Å². The third kappa shape index (κ3) is 5.30. The molecule has 0 aromatic heterocycles. The summed E-state index contributed by atoms with van der Waals surface area (Å²) < 4.78 is 15.6. The number of hydrogen-bond acceptors (Lipinski definition) is 5. The van der Waals surface area contributed by atoms with Gasteiger partial charge in [-0.05, 0) is 37.1 Å². The van der Waals surface area contributed by atoms with Crippen molar-refractivity contribution >= 4 is 23.6 Å². The lowest BCUT2D eigenvalue weighted by Gasteiger charge is -2.12. The predicted octanol–water partition coefficient (Wildman–Crippen LogP) is 3.61. The lowest BCUT2D eigenvalue weighted by Crippen LogP contribution is -2.10. The molecule has 0 radical (unpaired) electrons. The van der Waals surface area contributed by atoms with E-state index in [1.807, 2.05) is 13.0 Å². The maximum absolute atomic E-state index is 11.5. The monoisotopic (exact) mass is 323 g/mol. The number of nitrogens with zero attached hydrogens (tertiary/aromatic N) is 1. The van der Waals surface area contributed by atoms with Crippen molar-refractivity contribution in [3.8, 4) is 17.6 Å². The Bertz CT molecular complexity index is 593. The van der Waals surface area contributed by atoms with Gasteiger partial charge in [0.25, 0.3) is 0 Å². The van der Waals surface area contributed by atoms with E-state index < -0.39 is 12.1 Å². The molecule has 1 atom stereocenters. The summed E-state index contributed by atoms with van der Waals surface area (Å²) in [7, 11) is 1.51. The van der Waals surface area contributed by atoms with Crippen LogP contribution in [-0.2, 0) is 9.53 Å². The first-order chi connectivity index (χ1) is 10.5. The first-order valence-corrected chi connectivity index (χ1v) is 7.18. The van der Waals surface area contributed by atoms with Crippen molar-refractivity contribution in [2.75, 3.05) is 13.7 Å². The van der Waals surface area contributed by atoms with Gasteiger partial charge in [0.05, 0.1) is 18.7 Å². The molecule has 0 saturated heterocycles. The molecule has 0 bridgehead atoms. The van der Waals surface area contributed by atoms with Crippen molar-refractivity contribution in [2.45, 2.75) is 26.4 Å². The molecule has 0 spiro atoms. The van der Waals surface area contributed by atoms with E-state index in [1.54, 1.807) is 12.1 Å². The minimum absolute atomic E-state index is 0.395. The number of nitriles is 1. The Labute approximate surface area is 135 Å². The van der Waals surface area contributed by atoms with Gasteiger partial charge in [-0.2, -0.15) is 5.26 Å². The Kier molecular flexibility index (Phi) is 7.27. The Morgan fingerprint density at radius 1 is 1.50 bits per heavy atom. The van der Waals surface area contributed by atoms with Crippen LogP contribution in [0.15, 0.2) is 18.2 Å². The predicted molar refractivity (Wildman–Crippen MR) is 84.0 cm³/mol. The highest BCUT2D eigenvalue weighted by Crippen LogP contribution is 2.36. The molecule has 1 aromatic rings. The lowest BCUT2D eigenvalue weighted by molar-refractivity contribution is -0.139. The maximum atomic E-state index is 11.5. The average molecular weight is 324 g/mol. The van der Waals surface area contributed by atoms with E-state index in [0.29, 0.717) is 28.7 Å². The Balaban J connectivity index is 2.91. The van der Waals surface area contributed by atoms with Crippen LogP contribution in [0.1, 0.15) is 25.8 Å². The van der Waals surface area contributed by atoms with Crippen LogP contribution in [0, 0.1) is 11.3 Å². The minimum Gasteiger partial charge on any atom is -0.493 e. The molecule has 118 valence electrons. The molecular weight excluding hydrogens is 306 g/mol. The molecule has 1 rings (SSSR count). The van der Waals surface area contributed by atoms with Crippen LogP contribution in [0.2, 0.25) is 5.02 Å². The second kappa shape index (κ2) is 8.96. The summed E-state index contributed by atoms with van der Waals surface area (Å²) >= 11 is 6.17. The zero-order valence-electron chi connectivity index (χ0n) is 12.8. The summed E-state index contributed by atoms with van der Waals surface area (Å²) in [5, 5.41) is 8.97. The molecule has 0 saturated carbocycles. The van der Waals surface area contributed by atoms with Crippen molar-refractivity contribution < 1.29 is 19.0 Å². The van der Waals surface area contributed by atoms with E-state index in [0.717, 1.165) is 6.42 Å². The van der Waals surface area contributed by atoms with Gasteiger partial charge in [0.2, 0.25) is 0 Å². The summed E-state index contributed by atoms with van der Waals surface area (Å²) in [5.74, 6) is 0.360. The van der Waals surface area contributed by atoms with Gasteiger partial charge in [0, 0.05) is 6.08 Å². The van der Waals surface area contributed by atoms with Gasteiger partial charge in [-0.25, -0.2) is 4.79 Å². The molecule has 0 heterocycles. The second-order valence-corrected chi connectivity index (χ2v) is 4.83. The van der Waals surface area contributed by atoms with Gasteiger partial charge >= 0.3 is 5.97 Å². The fourth-order valence-corrected chi connectivity index (χ4v) is 1.86. The van der Waals surface area contributed by atoms with E-state index in [2.05, 4.69) is 0 Å². The molecule has 0 amide bonds. The first-order valence-electron chi connectivity index (χ1n) is 6.80. The van der Waals surface area contributed by atoms with E-state index >= 15 is 0 Å². The summed E-state index contributed by atoms with van der Waals surface area (Å²) in [6.45, 7) is 4.01. The van der Waals surface area contributed by atoms with Crippen molar-refractivity contribution in [1.29, 1.82) is 5.26 Å². The fourth-order valence-electron chi connectivity index (χ4n) is 1.58. The minimum atomic E-state index is -0.792. The highest BCUT2D eigenvalue weighted by atomic mass is 35.5. The van der Waals surface area contributed by atoms with E-state index in [-0.39, 0.29) is 0 Å². The average Bonchev–Trinajstić information content (AvgIpc) is 2.51. The summed E-state index contributed by atoms with van der Waals surface area (Å²) in [5.41, 5.74) is 0.659. The van der Waals surface area contributed by atoms with Crippen molar-refractivity contribution in [2.24, 2.45) is 0 Å². The highest BCUT2D eigenvalue weighted by Gasteiger charge is 2.11. The summed E-state index contributed by atoms with van der Waals surface area (Å²) in [6, 6.07) is 5.18. The number of hydrogen-bond donors (Lipinski definition) is 0. The number of esters is 1. The zero-order valence-corrected chi connectivity index (χ0v) is 13.5. The number of ether oxygens (including phenoxy) is 3. The largest absolute Gasteiger partial charge is 0.493 e. The highest BCUT2D eigenvalue weighted by molar-refractivity contribution is 6.32. The van der Waals surface area contributed by atoms with Gasteiger partial charge in [-0.3, -0.25) is 0 Å². The van der Waals surface area contributed by atoms with Gasteiger partial charge in [-0.15, -0.1) is 0 Å². The smallest absolute Gasteiger partial charge is 0.332 e. The van der Waals surface area contributed by atoms with Gasteiger partial charge < -0.3 is 14.2 Å². The molecule has 0 N–H and O–H groups in total. The Morgan fingerprint density at radius 2 is 2.23 bits per heavy atom. The van der Waals surface area contributed by atoms with E-state index in [4.69, 9.17) is 31.1 Å². The van der Waals surface area contributed by atoms with Crippen molar-refractivity contribution in [3.63, 3.8) is 0 Å². The summed E-state index contributed by atoms with van der Waals surface area (Å²) in [4.78, 5) is 11.5. The van der Waals surface area contributed by atoms with Crippen molar-refractivity contribution in [3.05, 3.63) is 28.8 Å². The Morgan fingerprint density at radius 3 is 2.82 bits per heavy atom. The van der Waals surface area contributed by atoms with Crippen LogP contribution in [0.3, 0.4) is 0 Å².